The average molecular weight is 467 g/mol. The van der Waals surface area contributed by atoms with E-state index in [2.05, 4.69) is 47.4 Å². The molecule has 2 aromatic carbocycles. The van der Waals surface area contributed by atoms with Crippen LogP contribution in [0.2, 0.25) is 0 Å². The van der Waals surface area contributed by atoms with Gasteiger partial charge in [0, 0.05) is 28.9 Å². The minimum atomic E-state index is -0.134. The fourth-order valence-electron chi connectivity index (χ4n) is 4.77. The monoisotopic (exact) mass is 466 g/mol. The lowest BCUT2D eigenvalue weighted by Gasteiger charge is -2.16. The highest BCUT2D eigenvalue weighted by molar-refractivity contribution is 7.18. The van der Waals surface area contributed by atoms with Crippen molar-refractivity contribution in [2.24, 2.45) is 5.73 Å². The van der Waals surface area contributed by atoms with E-state index in [4.69, 9.17) is 20.4 Å². The van der Waals surface area contributed by atoms with Gasteiger partial charge in [-0.1, -0.05) is 42.5 Å². The zero-order valence-electron chi connectivity index (χ0n) is 18.9. The van der Waals surface area contributed by atoms with Crippen LogP contribution in [-0.4, -0.2) is 27.6 Å². The molecule has 0 saturated carbocycles. The van der Waals surface area contributed by atoms with E-state index in [1.165, 1.54) is 39.6 Å². The predicted octanol–water partition coefficient (Wildman–Crippen LogP) is 5.73. The Labute approximate surface area is 202 Å². The maximum Gasteiger partial charge on any atom is 0.226 e. The zero-order valence-corrected chi connectivity index (χ0v) is 19.7. The summed E-state index contributed by atoms with van der Waals surface area (Å²) in [6.07, 6.45) is 8.89. The van der Waals surface area contributed by atoms with Gasteiger partial charge < -0.3 is 10.5 Å². The first-order valence-electron chi connectivity index (χ1n) is 11.8. The number of thiophene rings is 1. The minimum Gasteiger partial charge on any atom is -0.475 e. The molecule has 0 amide bonds. The van der Waals surface area contributed by atoms with E-state index in [1.807, 2.05) is 12.1 Å². The smallest absolute Gasteiger partial charge is 0.226 e. The van der Waals surface area contributed by atoms with Crippen molar-refractivity contribution in [2.45, 2.75) is 38.1 Å². The number of nitrogens with zero attached hydrogens (tertiary/aromatic N) is 3. The van der Waals surface area contributed by atoms with Crippen molar-refractivity contribution in [3.63, 3.8) is 0 Å². The van der Waals surface area contributed by atoms with Crippen LogP contribution in [0, 0.1) is 0 Å². The Morgan fingerprint density at radius 3 is 2.65 bits per heavy atom. The number of benzene rings is 2. The third-order valence-electron chi connectivity index (χ3n) is 6.47. The second-order valence-electron chi connectivity index (χ2n) is 8.94. The fraction of sp³-hybridized carbons (Fsp3) is 0.250. The summed E-state index contributed by atoms with van der Waals surface area (Å²) in [5.74, 6) is 1.33. The van der Waals surface area contributed by atoms with Crippen LogP contribution < -0.4 is 10.5 Å². The fourth-order valence-corrected chi connectivity index (χ4v) is 6.02. The molecular formula is C28H26N4OS. The molecule has 5 nitrogen and oxygen atoms in total. The van der Waals surface area contributed by atoms with Crippen molar-refractivity contribution >= 4 is 32.3 Å². The van der Waals surface area contributed by atoms with Gasteiger partial charge >= 0.3 is 0 Å². The standard InChI is InChI=1S/C28H26N4OS/c29-22(16-18-9-10-19-5-1-2-6-21(19)15-18)17-33-27-25-23-7-3-4-8-24(23)34-28(25)32-26(31-27)20-11-13-30-14-12-20/h1-2,5-6,9-15,22H,3-4,7-8,16-17,29H2. The minimum absolute atomic E-state index is 0.134. The number of rotatable bonds is 6. The van der Waals surface area contributed by atoms with Gasteiger partial charge in [-0.25, -0.2) is 4.98 Å². The van der Waals surface area contributed by atoms with Gasteiger partial charge in [0.15, 0.2) is 5.82 Å². The van der Waals surface area contributed by atoms with Crippen molar-refractivity contribution in [3.8, 4) is 17.3 Å². The lowest BCUT2D eigenvalue weighted by atomic mass is 9.97. The van der Waals surface area contributed by atoms with Crippen molar-refractivity contribution in [1.82, 2.24) is 15.0 Å². The van der Waals surface area contributed by atoms with Crippen LogP contribution in [0.15, 0.2) is 67.0 Å². The Morgan fingerprint density at radius 2 is 1.76 bits per heavy atom. The molecule has 170 valence electrons. The highest BCUT2D eigenvalue weighted by atomic mass is 32.1. The molecule has 6 heteroatoms. The molecule has 3 aromatic heterocycles. The van der Waals surface area contributed by atoms with Crippen molar-refractivity contribution in [2.75, 3.05) is 6.61 Å². The first-order chi connectivity index (χ1) is 16.7. The lowest BCUT2D eigenvalue weighted by Crippen LogP contribution is -2.30. The van der Waals surface area contributed by atoms with Crippen LogP contribution >= 0.6 is 11.3 Å². The zero-order chi connectivity index (χ0) is 22.9. The van der Waals surface area contributed by atoms with Crippen molar-refractivity contribution in [1.29, 1.82) is 0 Å². The lowest BCUT2D eigenvalue weighted by molar-refractivity contribution is 0.280. The van der Waals surface area contributed by atoms with Crippen LogP contribution in [0.5, 0.6) is 5.88 Å². The molecule has 3 heterocycles. The molecule has 0 bridgehead atoms. The van der Waals surface area contributed by atoms with E-state index < -0.39 is 0 Å². The maximum absolute atomic E-state index is 6.53. The Kier molecular flexibility index (Phi) is 5.69. The normalized spacial score (nSPS) is 14.3. The molecule has 34 heavy (non-hydrogen) atoms. The predicted molar refractivity (Wildman–Crippen MR) is 138 cm³/mol. The topological polar surface area (TPSA) is 73.9 Å². The number of nitrogens with two attached hydrogens (primary N) is 1. The number of hydrogen-bond donors (Lipinski definition) is 1. The number of ether oxygens (including phenoxy) is 1. The molecule has 2 N–H and O–H groups in total. The summed E-state index contributed by atoms with van der Waals surface area (Å²) < 4.78 is 6.34. The Balaban J connectivity index is 1.29. The van der Waals surface area contributed by atoms with Crippen molar-refractivity contribution < 1.29 is 4.74 Å². The summed E-state index contributed by atoms with van der Waals surface area (Å²) in [6, 6.07) is 18.7. The summed E-state index contributed by atoms with van der Waals surface area (Å²) in [5, 5.41) is 3.55. The van der Waals surface area contributed by atoms with Crippen LogP contribution in [0.3, 0.4) is 0 Å². The van der Waals surface area contributed by atoms with E-state index in [1.54, 1.807) is 23.7 Å². The molecule has 1 aliphatic carbocycles. The van der Waals surface area contributed by atoms with Gasteiger partial charge in [-0.05, 0) is 66.1 Å². The molecule has 0 fully saturated rings. The number of hydrogen-bond acceptors (Lipinski definition) is 6. The molecule has 5 aromatic rings. The van der Waals surface area contributed by atoms with Crippen LogP contribution in [0.1, 0.15) is 28.8 Å². The molecule has 0 aliphatic heterocycles. The largest absolute Gasteiger partial charge is 0.475 e. The quantitative estimate of drug-likeness (QED) is 0.346. The van der Waals surface area contributed by atoms with E-state index in [-0.39, 0.29) is 6.04 Å². The number of aryl methyl sites for hydroxylation is 2. The third kappa shape index (κ3) is 4.15. The van der Waals surface area contributed by atoms with Gasteiger partial charge in [-0.15, -0.1) is 11.3 Å². The van der Waals surface area contributed by atoms with Gasteiger partial charge in [0.1, 0.15) is 11.4 Å². The molecule has 1 aliphatic rings. The summed E-state index contributed by atoms with van der Waals surface area (Å²) in [7, 11) is 0. The van der Waals surface area contributed by atoms with Gasteiger partial charge in [-0.2, -0.15) is 4.98 Å². The Bertz CT molecular complexity index is 1460. The third-order valence-corrected chi connectivity index (χ3v) is 7.65. The molecular weight excluding hydrogens is 440 g/mol. The van der Waals surface area contributed by atoms with Crippen LogP contribution in [0.4, 0.5) is 0 Å². The molecule has 0 saturated heterocycles. The molecule has 0 radical (unpaired) electrons. The summed E-state index contributed by atoms with van der Waals surface area (Å²) in [6.45, 7) is 0.402. The van der Waals surface area contributed by atoms with E-state index in [0.717, 1.165) is 35.0 Å². The second-order valence-corrected chi connectivity index (χ2v) is 10.0. The van der Waals surface area contributed by atoms with E-state index in [0.29, 0.717) is 18.3 Å². The molecule has 1 unspecified atom stereocenters. The molecule has 1 atom stereocenters. The average Bonchev–Trinajstić information content (AvgIpc) is 3.26. The molecule has 6 rings (SSSR count). The highest BCUT2D eigenvalue weighted by Crippen LogP contribution is 2.40. The van der Waals surface area contributed by atoms with Crippen LogP contribution in [-0.2, 0) is 19.3 Å². The number of pyridine rings is 1. The van der Waals surface area contributed by atoms with Gasteiger partial charge in [0.25, 0.3) is 0 Å². The highest BCUT2D eigenvalue weighted by Gasteiger charge is 2.23. The first kappa shape index (κ1) is 21.2. The second kappa shape index (κ2) is 9.12. The van der Waals surface area contributed by atoms with Gasteiger partial charge in [0.05, 0.1) is 5.39 Å². The summed E-state index contributed by atoms with van der Waals surface area (Å²) >= 11 is 1.78. The SMILES string of the molecule is NC(COc1nc(-c2ccncc2)nc2sc3c(c12)CCCC3)Cc1ccc2ccccc2c1. The van der Waals surface area contributed by atoms with Gasteiger partial charge in [0.2, 0.25) is 5.88 Å². The van der Waals surface area contributed by atoms with E-state index >= 15 is 0 Å². The molecule has 0 spiro atoms. The number of fused-ring (bicyclic) bond motifs is 4. The Morgan fingerprint density at radius 1 is 0.941 bits per heavy atom. The van der Waals surface area contributed by atoms with Gasteiger partial charge in [-0.3, -0.25) is 4.98 Å². The summed E-state index contributed by atoms with van der Waals surface area (Å²) in [5.41, 5.74) is 10.1. The Hall–Kier alpha value is -3.35. The van der Waals surface area contributed by atoms with E-state index in [9.17, 15) is 0 Å². The van der Waals surface area contributed by atoms with Crippen LogP contribution in [0.25, 0.3) is 32.4 Å². The first-order valence-corrected chi connectivity index (χ1v) is 12.6. The van der Waals surface area contributed by atoms with Crippen molar-refractivity contribution in [3.05, 3.63) is 83.0 Å². The summed E-state index contributed by atoms with van der Waals surface area (Å²) in [4.78, 5) is 16.3. The maximum atomic E-state index is 6.53. The number of aromatic nitrogens is 3.